The Labute approximate surface area is 153 Å². The molecule has 1 rings (SSSR count). The first kappa shape index (κ1) is 20.8. The van der Waals surface area contributed by atoms with Gasteiger partial charge in [0, 0.05) is 10.7 Å². The summed E-state index contributed by atoms with van der Waals surface area (Å²) in [5, 5.41) is 0. The summed E-state index contributed by atoms with van der Waals surface area (Å²) in [5.74, 6) is 6.96. The predicted molar refractivity (Wildman–Crippen MR) is 107 cm³/mol. The Morgan fingerprint density at radius 3 is 2.04 bits per heavy atom. The normalized spacial score (nSPS) is 18.5. The lowest BCUT2D eigenvalue weighted by atomic mass is 10.0. The van der Waals surface area contributed by atoms with Crippen molar-refractivity contribution in [3.8, 4) is 24.2 Å². The molecule has 1 fully saturated rings. The summed E-state index contributed by atoms with van der Waals surface area (Å²) < 4.78 is 5.77. The zero-order valence-corrected chi connectivity index (χ0v) is 15.4. The molecule has 0 aliphatic carbocycles. The third-order valence-electron chi connectivity index (χ3n) is 4.70. The predicted octanol–water partition coefficient (Wildman–Crippen LogP) is 6.18. The molecule has 0 N–H and O–H groups in total. The Kier molecular flexibility index (Phi) is 12.2. The van der Waals surface area contributed by atoms with Gasteiger partial charge in [-0.25, -0.2) is 0 Å². The van der Waals surface area contributed by atoms with Crippen LogP contribution in [-0.2, 0) is 9.53 Å². The van der Waals surface area contributed by atoms with Gasteiger partial charge >= 0.3 is 0 Å². The van der Waals surface area contributed by atoms with Gasteiger partial charge in [-0.3, -0.25) is 4.79 Å². The van der Waals surface area contributed by atoms with Crippen molar-refractivity contribution in [1.82, 2.24) is 0 Å². The summed E-state index contributed by atoms with van der Waals surface area (Å²) in [6.07, 6.45) is 23.0. The van der Waals surface area contributed by atoms with Gasteiger partial charge in [0.05, 0.1) is 12.2 Å². The quantitative estimate of drug-likeness (QED) is 0.155. The van der Waals surface area contributed by atoms with E-state index >= 15 is 0 Å². The second kappa shape index (κ2) is 14.1. The molecule has 0 aromatic rings. The summed E-state index contributed by atoms with van der Waals surface area (Å²) >= 11 is 0. The van der Waals surface area contributed by atoms with Crippen LogP contribution >= 0.6 is 0 Å². The maximum atomic E-state index is 11.3. The molecule has 0 spiro atoms. The number of Topliss-reactive ketones (excluding diaryl/α,β-unsaturated/α-hetero) is 1. The van der Waals surface area contributed by atoms with E-state index in [-0.39, 0.29) is 10.1 Å². The molecule has 140 valence electrons. The zero-order valence-electron chi connectivity index (χ0n) is 15.4. The van der Waals surface area contributed by atoms with Crippen LogP contribution in [-0.4, -0.2) is 18.0 Å². The van der Waals surface area contributed by atoms with E-state index in [0.29, 0.717) is 18.6 Å². The van der Waals surface area contributed by atoms with E-state index < -0.39 is 0 Å². The SMILES string of the molecule is C#CC#CC(=O)CCCCCCCC1OC1CCCCCCCC.[HH].[HH].[HH]. The molecule has 1 aliphatic rings. The van der Waals surface area contributed by atoms with Crippen molar-refractivity contribution in [3.05, 3.63) is 0 Å². The Hall–Kier alpha value is -1.25. The molecule has 0 aromatic carbocycles. The summed E-state index contributed by atoms with van der Waals surface area (Å²) in [6, 6.07) is 0. The molecule has 2 heteroatoms. The smallest absolute Gasteiger partial charge is 0.206 e. The highest BCUT2D eigenvalue weighted by molar-refractivity contribution is 5.95. The van der Waals surface area contributed by atoms with Crippen LogP contribution in [0.25, 0.3) is 0 Å². The first-order chi connectivity index (χ1) is 11.8. The van der Waals surface area contributed by atoms with Gasteiger partial charge in [0.2, 0.25) is 5.78 Å². The average molecular weight is 337 g/mol. The standard InChI is InChI=1S/C22H34O2.3H2/c1-3-5-7-8-11-14-18-21-22(24-21)19-15-12-9-10-13-17-20(23)16-6-4-2;;;/h2,21-22H,3,5,7-15,17-19H2,1H3;3*1H. The first-order valence-electron chi connectivity index (χ1n) is 9.92. The van der Waals surface area contributed by atoms with Crippen LogP contribution in [0.4, 0.5) is 0 Å². The van der Waals surface area contributed by atoms with Gasteiger partial charge in [0.1, 0.15) is 0 Å². The van der Waals surface area contributed by atoms with Crippen LogP contribution < -0.4 is 0 Å². The Balaban J connectivity index is -0.00000192. The fourth-order valence-electron chi connectivity index (χ4n) is 3.14. The third-order valence-corrected chi connectivity index (χ3v) is 4.70. The zero-order chi connectivity index (χ0) is 17.5. The summed E-state index contributed by atoms with van der Waals surface area (Å²) in [4.78, 5) is 11.3. The average Bonchev–Trinajstić information content (AvgIpc) is 3.33. The van der Waals surface area contributed by atoms with Crippen molar-refractivity contribution < 1.29 is 13.8 Å². The number of rotatable bonds is 15. The minimum absolute atomic E-state index is 0. The number of carbonyl (C=O) groups is 1. The van der Waals surface area contributed by atoms with Crippen LogP contribution in [0, 0.1) is 24.2 Å². The number of epoxide rings is 1. The van der Waals surface area contributed by atoms with Crippen molar-refractivity contribution in [2.24, 2.45) is 0 Å². The molecule has 0 bridgehead atoms. The van der Waals surface area contributed by atoms with Crippen LogP contribution in [0.1, 0.15) is 101 Å². The lowest BCUT2D eigenvalue weighted by Gasteiger charge is -2.00. The van der Waals surface area contributed by atoms with Gasteiger partial charge in [0.15, 0.2) is 0 Å². The van der Waals surface area contributed by atoms with Crippen molar-refractivity contribution in [3.63, 3.8) is 0 Å². The maximum Gasteiger partial charge on any atom is 0.206 e. The van der Waals surface area contributed by atoms with Gasteiger partial charge in [-0.15, -0.1) is 6.42 Å². The van der Waals surface area contributed by atoms with Crippen molar-refractivity contribution >= 4 is 5.78 Å². The monoisotopic (exact) mass is 336 g/mol. The molecule has 24 heavy (non-hydrogen) atoms. The lowest BCUT2D eigenvalue weighted by molar-refractivity contribution is -0.113. The Morgan fingerprint density at radius 1 is 0.917 bits per heavy atom. The summed E-state index contributed by atoms with van der Waals surface area (Å²) in [5.41, 5.74) is 0. The third kappa shape index (κ3) is 11.3. The van der Waals surface area contributed by atoms with Crippen LogP contribution in [0.3, 0.4) is 0 Å². The van der Waals surface area contributed by atoms with E-state index in [9.17, 15) is 4.79 Å². The van der Waals surface area contributed by atoms with Gasteiger partial charge < -0.3 is 4.74 Å². The number of carbonyl (C=O) groups excluding carboxylic acids is 1. The molecule has 1 heterocycles. The number of terminal acetylenes is 1. The van der Waals surface area contributed by atoms with Crippen molar-refractivity contribution in [2.45, 2.75) is 109 Å². The second-order valence-corrected chi connectivity index (χ2v) is 6.89. The molecule has 0 radical (unpaired) electrons. The molecule has 0 amide bonds. The van der Waals surface area contributed by atoms with Gasteiger partial charge in [-0.1, -0.05) is 71.1 Å². The van der Waals surface area contributed by atoms with Gasteiger partial charge in [0.25, 0.3) is 0 Å². The minimum atomic E-state index is -0.0307. The minimum Gasteiger partial charge on any atom is -0.370 e. The fourth-order valence-corrected chi connectivity index (χ4v) is 3.14. The van der Waals surface area contributed by atoms with E-state index in [1.54, 1.807) is 0 Å². The summed E-state index contributed by atoms with van der Waals surface area (Å²) in [6.45, 7) is 2.26. The maximum absolute atomic E-state index is 11.3. The van der Waals surface area contributed by atoms with E-state index in [1.807, 2.05) is 0 Å². The van der Waals surface area contributed by atoms with Gasteiger partial charge in [-0.2, -0.15) is 0 Å². The summed E-state index contributed by atoms with van der Waals surface area (Å²) in [7, 11) is 0. The molecule has 0 aromatic heterocycles. The Bertz CT molecular complexity index is 449. The molecular weight excluding hydrogens is 296 g/mol. The number of unbranched alkanes of at least 4 members (excludes halogenated alkanes) is 9. The number of hydrogen-bond acceptors (Lipinski definition) is 2. The number of ketones is 1. The molecular formula is C22H40O2. The lowest BCUT2D eigenvalue weighted by Crippen LogP contribution is -1.95. The van der Waals surface area contributed by atoms with Crippen molar-refractivity contribution in [1.29, 1.82) is 0 Å². The molecule has 2 nitrogen and oxygen atoms in total. The largest absolute Gasteiger partial charge is 0.370 e. The van der Waals surface area contributed by atoms with Gasteiger partial charge in [-0.05, 0) is 37.0 Å². The molecule has 1 aliphatic heterocycles. The van der Waals surface area contributed by atoms with E-state index in [1.165, 1.54) is 70.6 Å². The van der Waals surface area contributed by atoms with E-state index in [0.717, 1.165) is 12.8 Å². The van der Waals surface area contributed by atoms with Crippen molar-refractivity contribution in [2.75, 3.05) is 0 Å². The topological polar surface area (TPSA) is 29.6 Å². The first-order valence-corrected chi connectivity index (χ1v) is 9.92. The molecule has 2 unspecified atom stereocenters. The number of ether oxygens (including phenoxy) is 1. The highest BCUT2D eigenvalue weighted by Crippen LogP contribution is 2.31. The molecule has 1 saturated heterocycles. The van der Waals surface area contributed by atoms with Crippen LogP contribution in [0.15, 0.2) is 0 Å². The number of hydrogen-bond donors (Lipinski definition) is 0. The molecule has 2 atom stereocenters. The Morgan fingerprint density at radius 2 is 1.46 bits per heavy atom. The highest BCUT2D eigenvalue weighted by Gasteiger charge is 2.36. The fraction of sp³-hybridized carbons (Fsp3) is 0.773. The molecule has 0 saturated carbocycles. The van der Waals surface area contributed by atoms with Crippen LogP contribution in [0.5, 0.6) is 0 Å². The van der Waals surface area contributed by atoms with E-state index in [2.05, 4.69) is 24.7 Å². The van der Waals surface area contributed by atoms with E-state index in [4.69, 9.17) is 11.2 Å². The second-order valence-electron chi connectivity index (χ2n) is 6.89. The highest BCUT2D eigenvalue weighted by atomic mass is 16.6. The van der Waals surface area contributed by atoms with Crippen LogP contribution in [0.2, 0.25) is 0 Å².